The van der Waals surface area contributed by atoms with Gasteiger partial charge in [0.15, 0.2) is 5.13 Å². The predicted molar refractivity (Wildman–Crippen MR) is 91.9 cm³/mol. The number of hydrogen-bond donors (Lipinski definition) is 2. The summed E-state index contributed by atoms with van der Waals surface area (Å²) in [5.41, 5.74) is 0.274. The van der Waals surface area contributed by atoms with Crippen LogP contribution in [0.4, 0.5) is 5.13 Å². The zero-order valence-corrected chi connectivity index (χ0v) is 14.5. The number of ether oxygens (including phenoxy) is 1. The van der Waals surface area contributed by atoms with Crippen LogP contribution in [-0.2, 0) is 9.59 Å². The standard InChI is InChI=1S/C16H21N3O3S/c1-16(2,3)14(21)17-9-8-12(20)18-15-19-13-10(22-4)6-5-7-11(13)23-15/h5-7H,8-9H2,1-4H3,(H,17,21)(H,18,19,20). The van der Waals surface area contributed by atoms with Gasteiger partial charge in [-0.25, -0.2) is 4.98 Å². The van der Waals surface area contributed by atoms with Gasteiger partial charge in [0.05, 0.1) is 11.8 Å². The number of para-hydroxylation sites is 1. The fourth-order valence-corrected chi connectivity index (χ4v) is 2.78. The Morgan fingerprint density at radius 2 is 2.04 bits per heavy atom. The van der Waals surface area contributed by atoms with E-state index in [1.54, 1.807) is 7.11 Å². The molecule has 0 saturated heterocycles. The number of carbonyl (C=O) groups is 2. The maximum Gasteiger partial charge on any atom is 0.227 e. The quantitative estimate of drug-likeness (QED) is 0.880. The fraction of sp³-hybridized carbons (Fsp3) is 0.438. The molecule has 7 heteroatoms. The highest BCUT2D eigenvalue weighted by Gasteiger charge is 2.20. The van der Waals surface area contributed by atoms with Crippen LogP contribution in [0.1, 0.15) is 27.2 Å². The van der Waals surface area contributed by atoms with Gasteiger partial charge in [0.25, 0.3) is 0 Å². The van der Waals surface area contributed by atoms with Gasteiger partial charge in [0.2, 0.25) is 11.8 Å². The molecule has 1 aromatic carbocycles. The van der Waals surface area contributed by atoms with Gasteiger partial charge in [0, 0.05) is 18.4 Å². The van der Waals surface area contributed by atoms with Crippen LogP contribution in [0.5, 0.6) is 5.75 Å². The number of hydrogen-bond acceptors (Lipinski definition) is 5. The van der Waals surface area contributed by atoms with Gasteiger partial charge in [-0.3, -0.25) is 9.59 Å². The van der Waals surface area contributed by atoms with Crippen molar-refractivity contribution in [2.45, 2.75) is 27.2 Å². The molecule has 2 amide bonds. The first-order valence-corrected chi connectivity index (χ1v) is 8.14. The lowest BCUT2D eigenvalue weighted by Gasteiger charge is -2.17. The second-order valence-electron chi connectivity index (χ2n) is 6.13. The van der Waals surface area contributed by atoms with Gasteiger partial charge >= 0.3 is 0 Å². The van der Waals surface area contributed by atoms with Crippen LogP contribution >= 0.6 is 11.3 Å². The van der Waals surface area contributed by atoms with Crippen LogP contribution in [-0.4, -0.2) is 30.5 Å². The molecule has 0 aliphatic rings. The molecule has 0 aliphatic carbocycles. The lowest BCUT2D eigenvalue weighted by atomic mass is 9.96. The normalized spacial score (nSPS) is 11.3. The number of rotatable bonds is 5. The molecule has 2 rings (SSSR count). The van der Waals surface area contributed by atoms with Gasteiger partial charge in [-0.2, -0.15) is 0 Å². The molecule has 0 bridgehead atoms. The highest BCUT2D eigenvalue weighted by Crippen LogP contribution is 2.32. The van der Waals surface area contributed by atoms with Crippen molar-refractivity contribution >= 4 is 38.5 Å². The molecule has 0 fully saturated rings. The number of aromatic nitrogens is 1. The van der Waals surface area contributed by atoms with Gasteiger partial charge in [-0.1, -0.05) is 38.2 Å². The van der Waals surface area contributed by atoms with E-state index in [-0.39, 0.29) is 18.2 Å². The summed E-state index contributed by atoms with van der Waals surface area (Å²) in [5, 5.41) is 6.03. The Hall–Kier alpha value is -2.15. The van der Waals surface area contributed by atoms with Crippen LogP contribution < -0.4 is 15.4 Å². The summed E-state index contributed by atoms with van der Waals surface area (Å²) in [7, 11) is 1.59. The summed E-state index contributed by atoms with van der Waals surface area (Å²) in [6, 6.07) is 5.64. The number of methoxy groups -OCH3 is 1. The number of anilines is 1. The predicted octanol–water partition coefficient (Wildman–Crippen LogP) is 2.80. The van der Waals surface area contributed by atoms with E-state index in [1.807, 2.05) is 39.0 Å². The van der Waals surface area contributed by atoms with Crippen molar-refractivity contribution < 1.29 is 14.3 Å². The Kier molecular flexibility index (Phi) is 5.20. The molecule has 1 heterocycles. The SMILES string of the molecule is COc1cccc2sc(NC(=O)CCNC(=O)C(C)(C)C)nc12. The zero-order chi connectivity index (χ0) is 17.0. The van der Waals surface area contributed by atoms with Crippen LogP contribution in [0.15, 0.2) is 18.2 Å². The second kappa shape index (κ2) is 6.95. The molecule has 0 unspecified atom stereocenters. The Bertz CT molecular complexity index is 719. The monoisotopic (exact) mass is 335 g/mol. The number of benzene rings is 1. The van der Waals surface area contributed by atoms with Crippen molar-refractivity contribution in [3.63, 3.8) is 0 Å². The van der Waals surface area contributed by atoms with E-state index in [4.69, 9.17) is 4.74 Å². The first kappa shape index (κ1) is 17.2. The summed E-state index contributed by atoms with van der Waals surface area (Å²) in [6.45, 7) is 5.79. The highest BCUT2D eigenvalue weighted by molar-refractivity contribution is 7.22. The van der Waals surface area contributed by atoms with Gasteiger partial charge in [-0.05, 0) is 12.1 Å². The first-order chi connectivity index (χ1) is 10.8. The molecule has 0 aliphatic heterocycles. The molecular formula is C16H21N3O3S. The summed E-state index contributed by atoms with van der Waals surface area (Å²) in [5.74, 6) is 0.420. The topological polar surface area (TPSA) is 80.3 Å². The van der Waals surface area contributed by atoms with Crippen molar-refractivity contribution in [2.24, 2.45) is 5.41 Å². The average molecular weight is 335 g/mol. The smallest absolute Gasteiger partial charge is 0.227 e. The molecule has 0 spiro atoms. The van der Waals surface area contributed by atoms with E-state index < -0.39 is 5.41 Å². The van der Waals surface area contributed by atoms with Crippen LogP contribution in [0.25, 0.3) is 10.2 Å². The number of fused-ring (bicyclic) bond motifs is 1. The molecule has 0 atom stereocenters. The Labute approximate surface area is 139 Å². The zero-order valence-electron chi connectivity index (χ0n) is 13.7. The fourth-order valence-electron chi connectivity index (χ4n) is 1.88. The Morgan fingerprint density at radius 1 is 1.30 bits per heavy atom. The van der Waals surface area contributed by atoms with E-state index in [0.717, 1.165) is 10.2 Å². The molecular weight excluding hydrogens is 314 g/mol. The van der Waals surface area contributed by atoms with Gasteiger partial charge in [0.1, 0.15) is 11.3 Å². The highest BCUT2D eigenvalue weighted by atomic mass is 32.1. The van der Waals surface area contributed by atoms with E-state index in [0.29, 0.717) is 17.4 Å². The Morgan fingerprint density at radius 3 is 2.70 bits per heavy atom. The second-order valence-corrected chi connectivity index (χ2v) is 7.16. The van der Waals surface area contributed by atoms with Crippen molar-refractivity contribution in [3.05, 3.63) is 18.2 Å². The van der Waals surface area contributed by atoms with E-state index in [2.05, 4.69) is 15.6 Å². The average Bonchev–Trinajstić information content (AvgIpc) is 2.88. The molecule has 124 valence electrons. The minimum atomic E-state index is -0.458. The van der Waals surface area contributed by atoms with Gasteiger partial charge < -0.3 is 15.4 Å². The molecule has 0 saturated carbocycles. The van der Waals surface area contributed by atoms with Crippen LogP contribution in [0.3, 0.4) is 0 Å². The number of amides is 2. The van der Waals surface area contributed by atoms with E-state index in [9.17, 15) is 9.59 Å². The summed E-state index contributed by atoms with van der Waals surface area (Å²) >= 11 is 1.39. The van der Waals surface area contributed by atoms with Crippen molar-refractivity contribution in [3.8, 4) is 5.75 Å². The summed E-state index contributed by atoms with van der Waals surface area (Å²) < 4.78 is 6.20. The molecule has 2 N–H and O–H groups in total. The van der Waals surface area contributed by atoms with E-state index in [1.165, 1.54) is 11.3 Å². The minimum absolute atomic E-state index is 0.0741. The third-order valence-corrected chi connectivity index (χ3v) is 4.10. The van der Waals surface area contributed by atoms with Crippen LogP contribution in [0.2, 0.25) is 0 Å². The van der Waals surface area contributed by atoms with Crippen molar-refractivity contribution in [1.29, 1.82) is 0 Å². The third kappa shape index (κ3) is 4.41. The maximum atomic E-state index is 11.9. The third-order valence-electron chi connectivity index (χ3n) is 3.17. The minimum Gasteiger partial charge on any atom is -0.494 e. The van der Waals surface area contributed by atoms with E-state index >= 15 is 0 Å². The van der Waals surface area contributed by atoms with Crippen molar-refractivity contribution in [1.82, 2.24) is 10.3 Å². The summed E-state index contributed by atoms with van der Waals surface area (Å²) in [4.78, 5) is 28.1. The van der Waals surface area contributed by atoms with Crippen molar-refractivity contribution in [2.75, 3.05) is 19.0 Å². The first-order valence-electron chi connectivity index (χ1n) is 7.33. The molecule has 6 nitrogen and oxygen atoms in total. The lowest BCUT2D eigenvalue weighted by Crippen LogP contribution is -2.36. The molecule has 0 radical (unpaired) electrons. The largest absolute Gasteiger partial charge is 0.494 e. The molecule has 2 aromatic rings. The molecule has 23 heavy (non-hydrogen) atoms. The number of thiazole rings is 1. The van der Waals surface area contributed by atoms with Gasteiger partial charge in [-0.15, -0.1) is 0 Å². The number of nitrogens with zero attached hydrogens (tertiary/aromatic N) is 1. The Balaban J connectivity index is 1.92. The maximum absolute atomic E-state index is 11.9. The molecule has 1 aromatic heterocycles. The number of nitrogens with one attached hydrogen (secondary N) is 2. The number of carbonyl (C=O) groups excluding carboxylic acids is 2. The van der Waals surface area contributed by atoms with Crippen LogP contribution in [0, 0.1) is 5.41 Å². The lowest BCUT2D eigenvalue weighted by molar-refractivity contribution is -0.128. The summed E-state index contributed by atoms with van der Waals surface area (Å²) in [6.07, 6.45) is 0.203.